The van der Waals surface area contributed by atoms with Crippen molar-refractivity contribution in [3.63, 3.8) is 0 Å². The molecule has 8 nitrogen and oxygen atoms in total. The highest BCUT2D eigenvalue weighted by molar-refractivity contribution is 5.92. The van der Waals surface area contributed by atoms with Crippen LogP contribution < -0.4 is 4.74 Å². The molecular formula is C27H24F2N4O4. The molecule has 0 spiro atoms. The van der Waals surface area contributed by atoms with E-state index in [0.717, 1.165) is 0 Å². The number of ether oxygens (including phenoxy) is 2. The summed E-state index contributed by atoms with van der Waals surface area (Å²) in [4.78, 5) is 9.95. The highest BCUT2D eigenvalue weighted by atomic mass is 19.1. The van der Waals surface area contributed by atoms with Crippen molar-refractivity contribution in [1.82, 2.24) is 14.9 Å². The molecule has 0 aliphatic carbocycles. The van der Waals surface area contributed by atoms with Crippen LogP contribution in [0.1, 0.15) is 30.2 Å². The van der Waals surface area contributed by atoms with Crippen molar-refractivity contribution in [2.45, 2.75) is 25.2 Å². The highest BCUT2D eigenvalue weighted by Crippen LogP contribution is 2.37. The Kier molecular flexibility index (Phi) is 6.84. The van der Waals surface area contributed by atoms with E-state index >= 15 is 4.39 Å². The van der Waals surface area contributed by atoms with E-state index in [2.05, 4.69) is 9.97 Å². The fraction of sp³-hybridized carbons (Fsp3) is 0.296. The van der Waals surface area contributed by atoms with E-state index in [9.17, 15) is 14.8 Å². The van der Waals surface area contributed by atoms with Crippen molar-refractivity contribution >= 4 is 11.1 Å². The Hall–Kier alpha value is -3.91. The Labute approximate surface area is 211 Å². The standard InChI is InChI=1S/C27H24F2N4O4/c1-33(2)27(34)17-11-20(28)24(32-14-17)23-12-22-26(37-23)19(3-6-31-22)15-9-16(13-30)25(21(29)10-15)36-18-4-7-35-8-5-18/h3,6,9-12,14,18,27,34H,4-5,7-8H2,1-2H3. The first-order valence-corrected chi connectivity index (χ1v) is 11.7. The van der Waals surface area contributed by atoms with Gasteiger partial charge in [0.1, 0.15) is 29.6 Å². The number of nitrogens with zero attached hydrogens (tertiary/aromatic N) is 4. The molecule has 1 aromatic carbocycles. The molecule has 1 aliphatic rings. The molecule has 0 saturated carbocycles. The predicted octanol–water partition coefficient (Wildman–Crippen LogP) is 4.82. The number of benzene rings is 1. The van der Waals surface area contributed by atoms with E-state index in [0.29, 0.717) is 48.3 Å². The van der Waals surface area contributed by atoms with Gasteiger partial charge in [0, 0.05) is 42.4 Å². The summed E-state index contributed by atoms with van der Waals surface area (Å²) in [6, 6.07) is 9.19. The molecule has 3 aromatic heterocycles. The molecule has 1 saturated heterocycles. The maximum absolute atomic E-state index is 15.2. The van der Waals surface area contributed by atoms with Gasteiger partial charge >= 0.3 is 0 Å². The lowest BCUT2D eigenvalue weighted by atomic mass is 10.0. The number of fused-ring (bicyclic) bond motifs is 1. The van der Waals surface area contributed by atoms with Gasteiger partial charge in [0.2, 0.25) is 0 Å². The van der Waals surface area contributed by atoms with Crippen LogP contribution in [0.5, 0.6) is 5.75 Å². The molecule has 5 rings (SSSR count). The molecule has 0 bridgehead atoms. The molecule has 4 aromatic rings. The lowest BCUT2D eigenvalue weighted by molar-refractivity contribution is 0.0239. The van der Waals surface area contributed by atoms with Crippen LogP contribution in [0.4, 0.5) is 8.78 Å². The summed E-state index contributed by atoms with van der Waals surface area (Å²) in [7, 11) is 3.32. The van der Waals surface area contributed by atoms with Crippen molar-refractivity contribution in [2.24, 2.45) is 0 Å². The van der Waals surface area contributed by atoms with Crippen LogP contribution in [-0.4, -0.2) is 53.4 Å². The molecule has 0 amide bonds. The number of pyridine rings is 2. The van der Waals surface area contributed by atoms with Crippen molar-refractivity contribution < 1.29 is 27.8 Å². The fourth-order valence-electron chi connectivity index (χ4n) is 4.27. The van der Waals surface area contributed by atoms with Crippen molar-refractivity contribution in [1.29, 1.82) is 5.26 Å². The molecule has 0 radical (unpaired) electrons. The van der Waals surface area contributed by atoms with Gasteiger partial charge in [-0.2, -0.15) is 5.26 Å². The van der Waals surface area contributed by atoms with Gasteiger partial charge in [-0.25, -0.2) is 13.8 Å². The summed E-state index contributed by atoms with van der Waals surface area (Å²) in [5.74, 6) is -1.31. The van der Waals surface area contributed by atoms with Crippen LogP contribution in [0.2, 0.25) is 0 Å². The van der Waals surface area contributed by atoms with E-state index in [1.165, 1.54) is 41.6 Å². The van der Waals surface area contributed by atoms with Gasteiger partial charge < -0.3 is 19.0 Å². The monoisotopic (exact) mass is 506 g/mol. The van der Waals surface area contributed by atoms with Crippen LogP contribution in [0.25, 0.3) is 33.7 Å². The van der Waals surface area contributed by atoms with Crippen molar-refractivity contribution in [3.05, 3.63) is 65.5 Å². The maximum Gasteiger partial charge on any atom is 0.173 e. The second-order valence-corrected chi connectivity index (χ2v) is 9.00. The van der Waals surface area contributed by atoms with Gasteiger partial charge in [-0.05, 0) is 43.9 Å². The Balaban J connectivity index is 1.52. The van der Waals surface area contributed by atoms with Gasteiger partial charge in [0.05, 0.1) is 18.8 Å². The lowest BCUT2D eigenvalue weighted by Crippen LogP contribution is -2.26. The average Bonchev–Trinajstić information content (AvgIpc) is 3.34. The minimum atomic E-state index is -1.01. The van der Waals surface area contributed by atoms with E-state index < -0.39 is 17.9 Å². The topological polar surface area (TPSA) is 105 Å². The summed E-state index contributed by atoms with van der Waals surface area (Å²) < 4.78 is 47.2. The number of hydrogen-bond donors (Lipinski definition) is 1. The minimum Gasteiger partial charge on any atom is -0.486 e. The molecule has 1 N–H and O–H groups in total. The third-order valence-electron chi connectivity index (χ3n) is 6.22. The third kappa shape index (κ3) is 4.89. The molecule has 1 fully saturated rings. The fourth-order valence-corrected chi connectivity index (χ4v) is 4.27. The highest BCUT2D eigenvalue weighted by Gasteiger charge is 2.23. The zero-order valence-corrected chi connectivity index (χ0v) is 20.2. The van der Waals surface area contributed by atoms with Gasteiger partial charge in [0.15, 0.2) is 28.7 Å². The number of nitriles is 1. The molecule has 1 aliphatic heterocycles. The van der Waals surface area contributed by atoms with Crippen LogP contribution in [0, 0.1) is 23.0 Å². The molecule has 190 valence electrons. The van der Waals surface area contributed by atoms with E-state index in [1.807, 2.05) is 6.07 Å². The zero-order valence-electron chi connectivity index (χ0n) is 20.2. The minimum absolute atomic E-state index is 0.0530. The normalized spacial score (nSPS) is 15.2. The molecule has 37 heavy (non-hydrogen) atoms. The molecule has 10 heteroatoms. The van der Waals surface area contributed by atoms with Gasteiger partial charge in [-0.3, -0.25) is 9.88 Å². The molecule has 1 atom stereocenters. The number of hydrogen-bond acceptors (Lipinski definition) is 8. The number of halogens is 2. The van der Waals surface area contributed by atoms with Crippen LogP contribution in [-0.2, 0) is 4.74 Å². The Bertz CT molecular complexity index is 1490. The number of rotatable bonds is 6. The number of aromatic nitrogens is 2. The van der Waals surface area contributed by atoms with Crippen LogP contribution in [0.15, 0.2) is 47.1 Å². The first-order valence-electron chi connectivity index (χ1n) is 11.7. The first kappa shape index (κ1) is 24.8. The van der Waals surface area contributed by atoms with Gasteiger partial charge in [0.25, 0.3) is 0 Å². The van der Waals surface area contributed by atoms with Crippen molar-refractivity contribution in [3.8, 4) is 34.4 Å². The molecule has 4 heterocycles. The average molecular weight is 507 g/mol. The van der Waals surface area contributed by atoms with E-state index in [1.54, 1.807) is 20.2 Å². The maximum atomic E-state index is 15.2. The molecular weight excluding hydrogens is 482 g/mol. The Morgan fingerprint density at radius 2 is 1.92 bits per heavy atom. The second kappa shape index (κ2) is 10.2. The smallest absolute Gasteiger partial charge is 0.173 e. The summed E-state index contributed by atoms with van der Waals surface area (Å²) in [5.41, 5.74) is 1.86. The van der Waals surface area contributed by atoms with Gasteiger partial charge in [-0.15, -0.1) is 0 Å². The third-order valence-corrected chi connectivity index (χ3v) is 6.22. The SMILES string of the molecule is CN(C)C(O)c1cnc(-c2cc3nccc(-c4cc(F)c(OC5CCOCC5)c(C#N)c4)c3o2)c(F)c1. The van der Waals surface area contributed by atoms with E-state index in [4.69, 9.17) is 13.9 Å². The van der Waals surface area contributed by atoms with Crippen LogP contribution in [0.3, 0.4) is 0 Å². The Morgan fingerprint density at radius 1 is 1.14 bits per heavy atom. The summed E-state index contributed by atoms with van der Waals surface area (Å²) in [5, 5.41) is 19.9. The number of aliphatic hydroxyl groups is 1. The van der Waals surface area contributed by atoms with Gasteiger partial charge in [-0.1, -0.05) is 0 Å². The quantitative estimate of drug-likeness (QED) is 0.371. The first-order chi connectivity index (χ1) is 17.9. The second-order valence-electron chi connectivity index (χ2n) is 9.00. The largest absolute Gasteiger partial charge is 0.486 e. The Morgan fingerprint density at radius 3 is 2.62 bits per heavy atom. The summed E-state index contributed by atoms with van der Waals surface area (Å²) in [6.45, 7) is 1.05. The zero-order chi connectivity index (χ0) is 26.1. The lowest BCUT2D eigenvalue weighted by Gasteiger charge is -2.24. The van der Waals surface area contributed by atoms with Crippen molar-refractivity contribution in [2.75, 3.05) is 27.3 Å². The summed E-state index contributed by atoms with van der Waals surface area (Å²) >= 11 is 0. The number of aliphatic hydroxyl groups excluding tert-OH is 1. The number of furan rings is 1. The van der Waals surface area contributed by atoms with Crippen LogP contribution >= 0.6 is 0 Å². The van der Waals surface area contributed by atoms with E-state index in [-0.39, 0.29) is 34.5 Å². The molecule has 1 unspecified atom stereocenters. The predicted molar refractivity (Wildman–Crippen MR) is 130 cm³/mol. The summed E-state index contributed by atoms with van der Waals surface area (Å²) in [6.07, 6.45) is 2.89.